The van der Waals surface area contributed by atoms with Gasteiger partial charge in [-0.1, -0.05) is 103 Å². The quantitative estimate of drug-likeness (QED) is 0.177. The summed E-state index contributed by atoms with van der Waals surface area (Å²) >= 11 is 0. The maximum atomic E-state index is 9.65. The van der Waals surface area contributed by atoms with Gasteiger partial charge in [-0.05, 0) is 76.2 Å². The molecular weight excluding hydrogens is 611 g/mol. The van der Waals surface area contributed by atoms with Crippen LogP contribution in [0.1, 0.15) is 5.56 Å². The summed E-state index contributed by atoms with van der Waals surface area (Å²) in [6.45, 7) is 16.1. The van der Waals surface area contributed by atoms with Gasteiger partial charge in [0.15, 0.2) is 5.69 Å². The lowest BCUT2D eigenvalue weighted by molar-refractivity contribution is 1.18. The van der Waals surface area contributed by atoms with E-state index in [9.17, 15) is 5.26 Å². The van der Waals surface area contributed by atoms with Gasteiger partial charge >= 0.3 is 0 Å². The number of nitriles is 1. The molecule has 0 fully saturated rings. The van der Waals surface area contributed by atoms with Gasteiger partial charge in [-0.15, -0.1) is 0 Å². The Morgan fingerprint density at radius 3 is 1.94 bits per heavy atom. The maximum absolute atomic E-state index is 9.65. The molecular formula is C45H25N5. The fourth-order valence-corrected chi connectivity index (χ4v) is 7.41. The van der Waals surface area contributed by atoms with Crippen molar-refractivity contribution in [1.29, 1.82) is 5.26 Å². The molecule has 0 unspecified atom stereocenters. The first-order valence-corrected chi connectivity index (χ1v) is 16.2. The third-order valence-corrected chi connectivity index (χ3v) is 9.59. The van der Waals surface area contributed by atoms with Gasteiger partial charge in [0, 0.05) is 21.8 Å². The van der Waals surface area contributed by atoms with E-state index in [4.69, 9.17) is 13.1 Å². The first-order chi connectivity index (χ1) is 24.7. The second-order valence-electron chi connectivity index (χ2n) is 12.2. The molecule has 9 rings (SSSR count). The predicted octanol–water partition coefficient (Wildman–Crippen LogP) is 12.2. The van der Waals surface area contributed by atoms with E-state index in [1.807, 2.05) is 78.9 Å². The number of hydrogen-bond donors (Lipinski definition) is 0. The number of aromatic nitrogens is 2. The summed E-state index contributed by atoms with van der Waals surface area (Å²) in [5.74, 6) is 0. The first-order valence-electron chi connectivity index (χ1n) is 16.2. The van der Waals surface area contributed by atoms with Crippen LogP contribution < -0.4 is 0 Å². The van der Waals surface area contributed by atoms with Crippen LogP contribution in [-0.2, 0) is 0 Å². The molecule has 0 radical (unpaired) electrons. The maximum Gasteiger partial charge on any atom is 0.211 e. The number of nitrogens with zero attached hydrogens (tertiary/aromatic N) is 5. The van der Waals surface area contributed by atoms with Crippen LogP contribution in [0.2, 0.25) is 0 Å². The van der Waals surface area contributed by atoms with Crippen LogP contribution in [0.5, 0.6) is 0 Å². The fraction of sp³-hybridized carbons (Fsp3) is 0. The van der Waals surface area contributed by atoms with Crippen LogP contribution in [0.3, 0.4) is 0 Å². The van der Waals surface area contributed by atoms with Crippen molar-refractivity contribution in [1.82, 2.24) is 9.13 Å². The molecule has 0 bridgehead atoms. The van der Waals surface area contributed by atoms with E-state index >= 15 is 0 Å². The molecule has 0 aliphatic rings. The van der Waals surface area contributed by atoms with Crippen LogP contribution in [0.15, 0.2) is 152 Å². The molecule has 230 valence electrons. The third kappa shape index (κ3) is 4.31. The minimum atomic E-state index is 0.564. The molecule has 0 amide bonds. The summed E-state index contributed by atoms with van der Waals surface area (Å²) in [5.41, 5.74) is 11.4. The largest absolute Gasteiger partial charge is 0.319 e. The Balaban J connectivity index is 1.24. The number of rotatable bonds is 4. The van der Waals surface area contributed by atoms with Crippen LogP contribution in [0.4, 0.5) is 11.4 Å². The average Bonchev–Trinajstić information content (AvgIpc) is 3.70. The summed E-state index contributed by atoms with van der Waals surface area (Å²) in [6.07, 6.45) is 0. The Kier molecular flexibility index (Phi) is 6.56. The SMILES string of the molecule is [C-]#[N+]c1ccc(-c2cccc(-n3c4ccccc4c4cccc([N+]#[C-])c43)c2)cc1-c1ccccc1-n1c2ccccc2c2cc(C#N)ccc21. The minimum Gasteiger partial charge on any atom is -0.319 e. The van der Waals surface area contributed by atoms with Gasteiger partial charge in [0.2, 0.25) is 5.69 Å². The Bertz CT molecular complexity index is 2970. The average molecular weight is 636 g/mol. The van der Waals surface area contributed by atoms with Crippen molar-refractivity contribution in [3.63, 3.8) is 0 Å². The smallest absolute Gasteiger partial charge is 0.211 e. The van der Waals surface area contributed by atoms with Gasteiger partial charge in [-0.25, -0.2) is 9.69 Å². The topological polar surface area (TPSA) is 42.4 Å². The lowest BCUT2D eigenvalue weighted by Gasteiger charge is -2.16. The van der Waals surface area contributed by atoms with Crippen molar-refractivity contribution < 1.29 is 0 Å². The molecule has 0 N–H and O–H groups in total. The third-order valence-electron chi connectivity index (χ3n) is 9.59. The van der Waals surface area contributed by atoms with Gasteiger partial charge in [0.05, 0.1) is 52.5 Å². The number of hydrogen-bond acceptors (Lipinski definition) is 1. The zero-order valence-corrected chi connectivity index (χ0v) is 26.7. The second kappa shape index (κ2) is 11.4. The summed E-state index contributed by atoms with van der Waals surface area (Å²) in [6, 6.07) is 53.2. The van der Waals surface area contributed by atoms with Gasteiger partial charge < -0.3 is 9.13 Å². The Hall–Kier alpha value is -7.39. The van der Waals surface area contributed by atoms with Gasteiger partial charge in [-0.3, -0.25) is 0 Å². The van der Waals surface area contributed by atoms with Gasteiger partial charge in [0.1, 0.15) is 0 Å². The summed E-state index contributed by atoms with van der Waals surface area (Å²) in [7, 11) is 0. The van der Waals surface area contributed by atoms with E-state index < -0.39 is 0 Å². The molecule has 0 aliphatic carbocycles. The molecule has 5 nitrogen and oxygen atoms in total. The molecule has 0 spiro atoms. The number of para-hydroxylation sites is 4. The van der Waals surface area contributed by atoms with Crippen molar-refractivity contribution in [2.45, 2.75) is 0 Å². The van der Waals surface area contributed by atoms with Crippen molar-refractivity contribution in [2.24, 2.45) is 0 Å². The molecule has 0 saturated heterocycles. The lowest BCUT2D eigenvalue weighted by atomic mass is 9.96. The zero-order chi connectivity index (χ0) is 33.8. The van der Waals surface area contributed by atoms with E-state index in [1.54, 1.807) is 0 Å². The highest BCUT2D eigenvalue weighted by Crippen LogP contribution is 2.42. The molecule has 0 aliphatic heterocycles. The summed E-state index contributed by atoms with van der Waals surface area (Å²) in [4.78, 5) is 7.85. The van der Waals surface area contributed by atoms with E-state index in [1.165, 1.54) is 0 Å². The number of fused-ring (bicyclic) bond motifs is 6. The normalized spacial score (nSPS) is 11.1. The highest BCUT2D eigenvalue weighted by atomic mass is 15.0. The molecule has 9 aromatic rings. The van der Waals surface area contributed by atoms with E-state index in [0.29, 0.717) is 16.9 Å². The van der Waals surface area contributed by atoms with Crippen molar-refractivity contribution >= 4 is 55.0 Å². The Morgan fingerprint density at radius 1 is 0.480 bits per heavy atom. The molecule has 0 atom stereocenters. The lowest BCUT2D eigenvalue weighted by Crippen LogP contribution is -1.97. The summed E-state index contributed by atoms with van der Waals surface area (Å²) < 4.78 is 4.42. The van der Waals surface area contributed by atoms with Crippen LogP contribution in [-0.4, -0.2) is 9.13 Å². The van der Waals surface area contributed by atoms with Crippen molar-refractivity contribution in [2.75, 3.05) is 0 Å². The van der Waals surface area contributed by atoms with Crippen LogP contribution >= 0.6 is 0 Å². The minimum absolute atomic E-state index is 0.564. The van der Waals surface area contributed by atoms with Crippen molar-refractivity contribution in [3.8, 4) is 39.7 Å². The Morgan fingerprint density at radius 2 is 1.14 bits per heavy atom. The number of benzene rings is 7. The zero-order valence-electron chi connectivity index (χ0n) is 26.7. The van der Waals surface area contributed by atoms with Crippen molar-refractivity contribution in [3.05, 3.63) is 180 Å². The monoisotopic (exact) mass is 635 g/mol. The molecule has 50 heavy (non-hydrogen) atoms. The first kappa shape index (κ1) is 28.8. The molecule has 5 heteroatoms. The van der Waals surface area contributed by atoms with Gasteiger partial charge in [-0.2, -0.15) is 5.26 Å². The van der Waals surface area contributed by atoms with E-state index in [0.717, 1.165) is 77.2 Å². The highest BCUT2D eigenvalue weighted by molar-refractivity contribution is 6.13. The van der Waals surface area contributed by atoms with E-state index in [2.05, 4.69) is 97.7 Å². The summed E-state index contributed by atoms with van der Waals surface area (Å²) in [5, 5.41) is 13.9. The van der Waals surface area contributed by atoms with Crippen LogP contribution in [0.25, 0.3) is 86.9 Å². The van der Waals surface area contributed by atoms with Crippen LogP contribution in [0, 0.1) is 24.5 Å². The molecule has 0 saturated carbocycles. The van der Waals surface area contributed by atoms with E-state index in [-0.39, 0.29) is 0 Å². The fourth-order valence-electron chi connectivity index (χ4n) is 7.41. The molecule has 7 aromatic carbocycles. The predicted molar refractivity (Wildman–Crippen MR) is 203 cm³/mol. The Labute approximate surface area is 288 Å². The second-order valence-corrected chi connectivity index (χ2v) is 12.2. The highest BCUT2D eigenvalue weighted by Gasteiger charge is 2.19. The molecule has 2 heterocycles. The van der Waals surface area contributed by atoms with Gasteiger partial charge in [0.25, 0.3) is 0 Å². The molecule has 2 aromatic heterocycles. The standard InChI is InChI=1S/C45H25N5/c1-47-39-23-22-31(30-11-9-12-32(26-30)49-41-18-6-3-13-33(41)36-16-10-17-40(48-2)45(36)49)27-37(39)34-14-4-7-19-42(34)50-43-20-8-5-15-35(43)38-25-29(28-46)21-24-44(38)50/h3-27H.